The van der Waals surface area contributed by atoms with Gasteiger partial charge in [0.25, 0.3) is 0 Å². The maximum atomic E-state index is 13.0. The standard InChI is InChI=1S/C13H17F2NO/c1-9(16-7-13(8-17)4-5-13)10-2-3-11(14)12(15)6-10/h2-3,6,9,16-17H,4-5,7-8H2,1H3. The monoisotopic (exact) mass is 241 g/mol. The van der Waals surface area contributed by atoms with Crippen molar-refractivity contribution in [2.24, 2.45) is 5.41 Å². The van der Waals surface area contributed by atoms with Gasteiger partial charge in [-0.25, -0.2) is 8.78 Å². The number of halogens is 2. The summed E-state index contributed by atoms with van der Waals surface area (Å²) in [6, 6.07) is 3.89. The Hall–Kier alpha value is -1.00. The number of rotatable bonds is 5. The SMILES string of the molecule is CC(NCC1(CO)CC1)c1ccc(F)c(F)c1. The molecular formula is C13H17F2NO. The van der Waals surface area contributed by atoms with Crippen molar-refractivity contribution in [3.63, 3.8) is 0 Å². The molecule has 1 saturated carbocycles. The minimum atomic E-state index is -0.824. The van der Waals surface area contributed by atoms with Gasteiger partial charge in [0, 0.05) is 24.6 Å². The lowest BCUT2D eigenvalue weighted by molar-refractivity contribution is 0.204. The Morgan fingerprint density at radius 3 is 2.59 bits per heavy atom. The Kier molecular flexibility index (Phi) is 3.45. The Labute approximate surface area is 99.7 Å². The molecule has 1 aromatic rings. The quantitative estimate of drug-likeness (QED) is 0.829. The molecule has 2 nitrogen and oxygen atoms in total. The second-order valence-corrected chi connectivity index (χ2v) is 4.93. The van der Waals surface area contributed by atoms with Crippen LogP contribution in [0.3, 0.4) is 0 Å². The van der Waals surface area contributed by atoms with E-state index >= 15 is 0 Å². The van der Waals surface area contributed by atoms with E-state index in [2.05, 4.69) is 5.32 Å². The first kappa shape index (κ1) is 12.5. The van der Waals surface area contributed by atoms with E-state index in [1.54, 1.807) is 6.07 Å². The van der Waals surface area contributed by atoms with Crippen molar-refractivity contribution in [1.82, 2.24) is 5.32 Å². The zero-order chi connectivity index (χ0) is 12.5. The zero-order valence-corrected chi connectivity index (χ0v) is 9.84. The first-order valence-electron chi connectivity index (χ1n) is 5.85. The number of aliphatic hydroxyl groups is 1. The zero-order valence-electron chi connectivity index (χ0n) is 9.84. The number of aliphatic hydroxyl groups excluding tert-OH is 1. The molecule has 1 atom stereocenters. The van der Waals surface area contributed by atoms with Gasteiger partial charge in [0.05, 0.1) is 0 Å². The molecule has 1 aliphatic rings. The number of nitrogens with one attached hydrogen (secondary N) is 1. The third kappa shape index (κ3) is 2.82. The lowest BCUT2D eigenvalue weighted by Crippen LogP contribution is -2.28. The maximum Gasteiger partial charge on any atom is 0.159 e. The molecule has 17 heavy (non-hydrogen) atoms. The Morgan fingerprint density at radius 2 is 2.06 bits per heavy atom. The topological polar surface area (TPSA) is 32.3 Å². The Bertz CT molecular complexity index is 404. The summed E-state index contributed by atoms with van der Waals surface area (Å²) in [6.07, 6.45) is 2.06. The molecule has 2 rings (SSSR count). The smallest absolute Gasteiger partial charge is 0.159 e. The molecule has 0 amide bonds. The van der Waals surface area contributed by atoms with Crippen LogP contribution < -0.4 is 5.32 Å². The average Bonchev–Trinajstić information content (AvgIpc) is 3.10. The molecule has 4 heteroatoms. The normalized spacial score (nSPS) is 19.1. The molecule has 0 radical (unpaired) electrons. The van der Waals surface area contributed by atoms with Crippen molar-refractivity contribution < 1.29 is 13.9 Å². The van der Waals surface area contributed by atoms with Crippen LogP contribution >= 0.6 is 0 Å². The minimum absolute atomic E-state index is 0.0207. The molecule has 1 unspecified atom stereocenters. The molecule has 0 bridgehead atoms. The Balaban J connectivity index is 1.95. The number of hydrogen-bond donors (Lipinski definition) is 2. The van der Waals surface area contributed by atoms with Crippen LogP contribution in [-0.2, 0) is 0 Å². The van der Waals surface area contributed by atoms with Crippen molar-refractivity contribution in [3.05, 3.63) is 35.4 Å². The summed E-state index contributed by atoms with van der Waals surface area (Å²) in [5, 5.41) is 12.4. The fraction of sp³-hybridized carbons (Fsp3) is 0.538. The molecule has 94 valence electrons. The molecule has 0 aliphatic heterocycles. The van der Waals surface area contributed by atoms with Crippen molar-refractivity contribution >= 4 is 0 Å². The summed E-state index contributed by atoms with van der Waals surface area (Å²) in [7, 11) is 0. The molecule has 1 fully saturated rings. The van der Waals surface area contributed by atoms with E-state index in [4.69, 9.17) is 0 Å². The molecule has 0 saturated heterocycles. The van der Waals surface area contributed by atoms with E-state index in [-0.39, 0.29) is 18.1 Å². The van der Waals surface area contributed by atoms with E-state index in [0.717, 1.165) is 24.5 Å². The minimum Gasteiger partial charge on any atom is -0.396 e. The van der Waals surface area contributed by atoms with Crippen LogP contribution in [0.2, 0.25) is 0 Å². The molecule has 0 heterocycles. The molecule has 1 aliphatic carbocycles. The van der Waals surface area contributed by atoms with Gasteiger partial charge in [-0.05, 0) is 37.5 Å². The first-order valence-corrected chi connectivity index (χ1v) is 5.85. The highest BCUT2D eigenvalue weighted by molar-refractivity contribution is 5.20. The van der Waals surface area contributed by atoms with Crippen molar-refractivity contribution in [1.29, 1.82) is 0 Å². The fourth-order valence-corrected chi connectivity index (χ4v) is 1.84. The van der Waals surface area contributed by atoms with Crippen molar-refractivity contribution in [2.45, 2.75) is 25.8 Å². The highest BCUT2D eigenvalue weighted by Gasteiger charge is 2.41. The molecule has 2 N–H and O–H groups in total. The summed E-state index contributed by atoms with van der Waals surface area (Å²) < 4.78 is 25.8. The van der Waals surface area contributed by atoms with Gasteiger partial charge in [-0.15, -0.1) is 0 Å². The van der Waals surface area contributed by atoms with Crippen LogP contribution in [0.15, 0.2) is 18.2 Å². The van der Waals surface area contributed by atoms with E-state index in [1.807, 2.05) is 6.92 Å². The van der Waals surface area contributed by atoms with Crippen LogP contribution in [0.1, 0.15) is 31.4 Å². The lowest BCUT2D eigenvalue weighted by atomic mass is 10.1. The summed E-state index contributed by atoms with van der Waals surface area (Å²) in [6.45, 7) is 2.80. The third-order valence-electron chi connectivity index (χ3n) is 3.52. The van der Waals surface area contributed by atoms with Gasteiger partial charge in [0.1, 0.15) is 0 Å². The number of hydrogen-bond acceptors (Lipinski definition) is 2. The molecule has 0 aromatic heterocycles. The van der Waals surface area contributed by atoms with Gasteiger partial charge >= 0.3 is 0 Å². The van der Waals surface area contributed by atoms with Crippen LogP contribution in [0.4, 0.5) is 8.78 Å². The van der Waals surface area contributed by atoms with Crippen molar-refractivity contribution in [3.8, 4) is 0 Å². The highest BCUT2D eigenvalue weighted by atomic mass is 19.2. The predicted octanol–water partition coefficient (Wildman–Crippen LogP) is 2.39. The van der Waals surface area contributed by atoms with Gasteiger partial charge < -0.3 is 10.4 Å². The third-order valence-corrected chi connectivity index (χ3v) is 3.52. The predicted molar refractivity (Wildman–Crippen MR) is 61.5 cm³/mol. The van der Waals surface area contributed by atoms with E-state index in [1.165, 1.54) is 6.07 Å². The van der Waals surface area contributed by atoms with Gasteiger partial charge in [-0.3, -0.25) is 0 Å². The van der Waals surface area contributed by atoms with E-state index < -0.39 is 11.6 Å². The maximum absolute atomic E-state index is 13.0. The van der Waals surface area contributed by atoms with Gasteiger partial charge in [-0.1, -0.05) is 6.07 Å². The largest absolute Gasteiger partial charge is 0.396 e. The summed E-state index contributed by atoms with van der Waals surface area (Å²) in [5.74, 6) is -1.64. The first-order chi connectivity index (χ1) is 8.06. The highest BCUT2D eigenvalue weighted by Crippen LogP contribution is 2.44. The van der Waals surface area contributed by atoms with Crippen LogP contribution in [0.5, 0.6) is 0 Å². The summed E-state index contributed by atoms with van der Waals surface area (Å²) in [5.41, 5.74) is 0.741. The van der Waals surface area contributed by atoms with Crippen LogP contribution in [0.25, 0.3) is 0 Å². The average molecular weight is 241 g/mol. The molecule has 0 spiro atoms. The van der Waals surface area contributed by atoms with Gasteiger partial charge in [0.2, 0.25) is 0 Å². The fourth-order valence-electron chi connectivity index (χ4n) is 1.84. The molecule has 1 aromatic carbocycles. The summed E-state index contributed by atoms with van der Waals surface area (Å²) >= 11 is 0. The van der Waals surface area contributed by atoms with E-state index in [9.17, 15) is 13.9 Å². The van der Waals surface area contributed by atoms with E-state index in [0.29, 0.717) is 6.54 Å². The second kappa shape index (κ2) is 4.70. The van der Waals surface area contributed by atoms with Crippen LogP contribution in [-0.4, -0.2) is 18.3 Å². The van der Waals surface area contributed by atoms with Crippen molar-refractivity contribution in [2.75, 3.05) is 13.2 Å². The molecular weight excluding hydrogens is 224 g/mol. The second-order valence-electron chi connectivity index (χ2n) is 4.93. The lowest BCUT2D eigenvalue weighted by Gasteiger charge is -2.18. The van der Waals surface area contributed by atoms with Gasteiger partial charge in [-0.2, -0.15) is 0 Å². The van der Waals surface area contributed by atoms with Crippen LogP contribution in [0, 0.1) is 17.0 Å². The van der Waals surface area contributed by atoms with Gasteiger partial charge in [0.15, 0.2) is 11.6 Å². The Morgan fingerprint density at radius 1 is 1.35 bits per heavy atom. The number of benzene rings is 1. The summed E-state index contributed by atoms with van der Waals surface area (Å²) in [4.78, 5) is 0.